The van der Waals surface area contributed by atoms with Crippen molar-refractivity contribution in [2.45, 2.75) is 26.8 Å². The number of rotatable bonds is 7. The number of aryl methyl sites for hydroxylation is 1. The minimum atomic E-state index is -0.688. The van der Waals surface area contributed by atoms with E-state index < -0.39 is 17.7 Å². The van der Waals surface area contributed by atoms with Crippen LogP contribution in [0.2, 0.25) is 0 Å². The zero-order valence-electron chi connectivity index (χ0n) is 17.2. The fraction of sp³-hybridized carbons (Fsp3) is 0.348. The lowest BCUT2D eigenvalue weighted by molar-refractivity contribution is -0.895. The van der Waals surface area contributed by atoms with Gasteiger partial charge in [0.2, 0.25) is 0 Å². The molecule has 1 amide bonds. The van der Waals surface area contributed by atoms with Crippen LogP contribution < -0.4 is 4.90 Å². The van der Waals surface area contributed by atoms with Crippen LogP contribution in [0.15, 0.2) is 54.2 Å². The van der Waals surface area contributed by atoms with Crippen LogP contribution in [0.5, 0.6) is 0 Å². The molecule has 6 heteroatoms. The highest BCUT2D eigenvalue weighted by Gasteiger charge is 2.46. The Kier molecular flexibility index (Phi) is 6.44. The largest absolute Gasteiger partial charge is 0.507 e. The number of aliphatic hydroxyl groups is 1. The molecule has 6 nitrogen and oxygen atoms in total. The summed E-state index contributed by atoms with van der Waals surface area (Å²) < 4.78 is 0. The zero-order valence-corrected chi connectivity index (χ0v) is 17.2. The van der Waals surface area contributed by atoms with Crippen LogP contribution in [0.25, 0.3) is 5.76 Å². The Morgan fingerprint density at radius 3 is 2.38 bits per heavy atom. The summed E-state index contributed by atoms with van der Waals surface area (Å²) in [4.78, 5) is 33.1. The number of carbonyl (C=O) groups excluding carboxylic acids is 2. The number of carbonyl (C=O) groups is 2. The first kappa shape index (κ1) is 20.7. The molecule has 0 radical (unpaired) electrons. The lowest BCUT2D eigenvalue weighted by atomic mass is 9.98. The maximum Gasteiger partial charge on any atom is 0.295 e. The summed E-state index contributed by atoms with van der Waals surface area (Å²) in [7, 11) is 0. The number of pyridine rings is 1. The number of likely N-dealkylation sites (N-methyl/N-ethyl adjacent to an activating group) is 1. The topological polar surface area (TPSA) is 74.9 Å². The second-order valence-corrected chi connectivity index (χ2v) is 7.32. The number of nitrogens with zero attached hydrogens (tertiary/aromatic N) is 2. The summed E-state index contributed by atoms with van der Waals surface area (Å²) in [5.41, 5.74) is 2.25. The Hall–Kier alpha value is -2.99. The number of quaternary nitrogens is 1. The molecule has 3 rings (SSSR count). The van der Waals surface area contributed by atoms with Gasteiger partial charge < -0.3 is 14.9 Å². The Morgan fingerprint density at radius 1 is 1.10 bits per heavy atom. The van der Waals surface area contributed by atoms with Crippen LogP contribution in [0, 0.1) is 6.92 Å². The lowest BCUT2D eigenvalue weighted by Gasteiger charge is -2.26. The first-order valence-corrected chi connectivity index (χ1v) is 10.1. The number of ketones is 1. The molecule has 1 aliphatic rings. The number of nitrogens with one attached hydrogen (secondary N) is 1. The highest BCUT2D eigenvalue weighted by atomic mass is 16.3. The van der Waals surface area contributed by atoms with Crippen molar-refractivity contribution in [3.8, 4) is 0 Å². The normalized spacial score (nSPS) is 18.6. The molecule has 0 saturated carbocycles. The molecule has 1 aromatic heterocycles. The van der Waals surface area contributed by atoms with Crippen molar-refractivity contribution in [1.82, 2.24) is 9.88 Å². The van der Waals surface area contributed by atoms with Crippen molar-refractivity contribution in [2.24, 2.45) is 0 Å². The highest BCUT2D eigenvalue weighted by Crippen LogP contribution is 2.38. The van der Waals surface area contributed by atoms with E-state index in [9.17, 15) is 14.7 Å². The van der Waals surface area contributed by atoms with E-state index in [0.29, 0.717) is 17.8 Å². The molecule has 1 saturated heterocycles. The van der Waals surface area contributed by atoms with Crippen LogP contribution in [0.1, 0.15) is 36.7 Å². The molecule has 29 heavy (non-hydrogen) atoms. The van der Waals surface area contributed by atoms with E-state index in [4.69, 9.17) is 0 Å². The summed E-state index contributed by atoms with van der Waals surface area (Å²) in [6.07, 6.45) is 1.64. The second kappa shape index (κ2) is 9.01. The SMILES string of the molecule is CC[NH+](CC)CCN1C(=O)C(=O)C(=C(O)c2ccc(C)cc2)[C@H]1c1ccccn1. The van der Waals surface area contributed by atoms with Gasteiger partial charge >= 0.3 is 0 Å². The Balaban J connectivity index is 2.06. The third-order valence-electron chi connectivity index (χ3n) is 5.54. The van der Waals surface area contributed by atoms with Crippen molar-refractivity contribution in [1.29, 1.82) is 0 Å². The van der Waals surface area contributed by atoms with Crippen molar-refractivity contribution < 1.29 is 19.6 Å². The van der Waals surface area contributed by atoms with Gasteiger partial charge in [-0.3, -0.25) is 14.6 Å². The summed E-state index contributed by atoms with van der Waals surface area (Å²) >= 11 is 0. The van der Waals surface area contributed by atoms with Gasteiger partial charge in [-0.05, 0) is 32.9 Å². The molecule has 1 aromatic carbocycles. The van der Waals surface area contributed by atoms with E-state index in [-0.39, 0.29) is 11.3 Å². The molecule has 0 unspecified atom stereocenters. The predicted molar refractivity (Wildman–Crippen MR) is 111 cm³/mol. The van der Waals surface area contributed by atoms with E-state index in [1.807, 2.05) is 25.1 Å². The summed E-state index contributed by atoms with van der Waals surface area (Å²) in [5, 5.41) is 11.0. The maximum absolute atomic E-state index is 12.9. The van der Waals surface area contributed by atoms with Crippen molar-refractivity contribution in [2.75, 3.05) is 26.2 Å². The molecule has 1 fully saturated rings. The van der Waals surface area contributed by atoms with Gasteiger partial charge in [0.1, 0.15) is 11.8 Å². The number of hydrogen-bond donors (Lipinski definition) is 2. The number of Topliss-reactive ketones (excluding diaryl/α,β-unsaturated/α-hetero) is 1. The Labute approximate surface area is 171 Å². The Bertz CT molecular complexity index is 903. The van der Waals surface area contributed by atoms with Gasteiger partial charge in [-0.25, -0.2) is 0 Å². The van der Waals surface area contributed by atoms with Gasteiger partial charge in [-0.1, -0.05) is 35.9 Å². The molecular weight excluding hydrogens is 366 g/mol. The Morgan fingerprint density at radius 2 is 1.79 bits per heavy atom. The number of likely N-dealkylation sites (tertiary alicyclic amines) is 1. The third kappa shape index (κ3) is 4.22. The first-order valence-electron chi connectivity index (χ1n) is 10.1. The zero-order chi connectivity index (χ0) is 21.0. The number of benzene rings is 1. The lowest BCUT2D eigenvalue weighted by Crippen LogP contribution is -3.12. The van der Waals surface area contributed by atoms with Crippen LogP contribution >= 0.6 is 0 Å². The summed E-state index contributed by atoms with van der Waals surface area (Å²) in [6, 6.07) is 12.0. The van der Waals surface area contributed by atoms with Crippen LogP contribution in [-0.4, -0.2) is 52.9 Å². The molecule has 2 N–H and O–H groups in total. The number of aliphatic hydroxyl groups excluding tert-OH is 1. The fourth-order valence-electron chi connectivity index (χ4n) is 3.70. The predicted octanol–water partition coefficient (Wildman–Crippen LogP) is 1.74. The minimum Gasteiger partial charge on any atom is -0.507 e. The molecule has 2 aromatic rings. The van der Waals surface area contributed by atoms with E-state index in [0.717, 1.165) is 25.2 Å². The molecular formula is C23H28N3O3+. The van der Waals surface area contributed by atoms with Gasteiger partial charge in [0.05, 0.1) is 37.4 Å². The van der Waals surface area contributed by atoms with Gasteiger partial charge in [0, 0.05) is 11.8 Å². The van der Waals surface area contributed by atoms with E-state index in [2.05, 4.69) is 18.8 Å². The van der Waals surface area contributed by atoms with E-state index in [1.54, 1.807) is 35.4 Å². The van der Waals surface area contributed by atoms with Crippen molar-refractivity contribution in [3.05, 3.63) is 71.1 Å². The van der Waals surface area contributed by atoms with Crippen LogP contribution in [0.4, 0.5) is 0 Å². The average molecular weight is 394 g/mol. The monoisotopic (exact) mass is 394 g/mol. The highest BCUT2D eigenvalue weighted by molar-refractivity contribution is 6.46. The molecule has 1 aliphatic heterocycles. The number of amides is 1. The molecule has 1 atom stereocenters. The van der Waals surface area contributed by atoms with Gasteiger partial charge in [0.15, 0.2) is 0 Å². The maximum atomic E-state index is 12.9. The summed E-state index contributed by atoms with van der Waals surface area (Å²) in [6.45, 7) is 9.19. The van der Waals surface area contributed by atoms with E-state index in [1.165, 1.54) is 4.90 Å². The standard InChI is InChI=1S/C23H27N3O3/c1-4-25(5-2)14-15-26-20(18-8-6-7-13-24-18)19(22(28)23(26)29)21(27)17-11-9-16(3)10-12-17/h6-13,20,27H,4-5,14-15H2,1-3H3/p+1/t20-/m1/s1. The summed E-state index contributed by atoms with van der Waals surface area (Å²) in [5.74, 6) is -1.40. The molecule has 0 aliphatic carbocycles. The number of aromatic nitrogens is 1. The smallest absolute Gasteiger partial charge is 0.295 e. The van der Waals surface area contributed by atoms with Crippen LogP contribution in [-0.2, 0) is 9.59 Å². The third-order valence-corrected chi connectivity index (χ3v) is 5.54. The van der Waals surface area contributed by atoms with Crippen LogP contribution in [0.3, 0.4) is 0 Å². The first-order chi connectivity index (χ1) is 14.0. The average Bonchev–Trinajstić information content (AvgIpc) is 3.00. The molecule has 0 spiro atoms. The van der Waals surface area contributed by atoms with Crippen molar-refractivity contribution in [3.63, 3.8) is 0 Å². The second-order valence-electron chi connectivity index (χ2n) is 7.32. The number of hydrogen-bond acceptors (Lipinski definition) is 4. The molecule has 2 heterocycles. The van der Waals surface area contributed by atoms with Gasteiger partial charge in [0.25, 0.3) is 11.7 Å². The van der Waals surface area contributed by atoms with Gasteiger partial charge in [-0.2, -0.15) is 0 Å². The van der Waals surface area contributed by atoms with Crippen molar-refractivity contribution >= 4 is 17.4 Å². The quantitative estimate of drug-likeness (QED) is 0.426. The molecule has 0 bridgehead atoms. The molecule has 152 valence electrons. The van der Waals surface area contributed by atoms with E-state index >= 15 is 0 Å². The fourth-order valence-corrected chi connectivity index (χ4v) is 3.70. The van der Waals surface area contributed by atoms with Gasteiger partial charge in [-0.15, -0.1) is 0 Å². The minimum absolute atomic E-state index is 0.104.